The Bertz CT molecular complexity index is 278. The van der Waals surface area contributed by atoms with Crippen LogP contribution in [0, 0.1) is 11.3 Å². The molecule has 1 N–H and O–H groups in total. The van der Waals surface area contributed by atoms with Crippen LogP contribution in [0.5, 0.6) is 0 Å². The second-order valence-corrected chi connectivity index (χ2v) is 6.54. The zero-order valence-corrected chi connectivity index (χ0v) is 11.5. The molecule has 2 atom stereocenters. The summed E-state index contributed by atoms with van der Waals surface area (Å²) >= 11 is 0. The molecule has 2 fully saturated rings. The summed E-state index contributed by atoms with van der Waals surface area (Å²) in [6.45, 7) is 9.68. The van der Waals surface area contributed by atoms with Gasteiger partial charge in [-0.15, -0.1) is 0 Å². The Labute approximate surface area is 105 Å². The van der Waals surface area contributed by atoms with Gasteiger partial charge in [0.2, 0.25) is 5.91 Å². The molecule has 2 saturated heterocycles. The van der Waals surface area contributed by atoms with Crippen LogP contribution in [0.3, 0.4) is 0 Å². The highest BCUT2D eigenvalue weighted by molar-refractivity contribution is 5.82. The second kappa shape index (κ2) is 4.97. The Balaban J connectivity index is 1.92. The van der Waals surface area contributed by atoms with E-state index < -0.39 is 0 Å². The number of hydrogen-bond acceptors (Lipinski definition) is 2. The number of likely N-dealkylation sites (tertiary alicyclic amines) is 1. The fourth-order valence-electron chi connectivity index (χ4n) is 2.91. The molecule has 0 aliphatic carbocycles. The van der Waals surface area contributed by atoms with Gasteiger partial charge in [-0.1, -0.05) is 20.8 Å². The molecule has 1 amide bonds. The van der Waals surface area contributed by atoms with Gasteiger partial charge in [0, 0.05) is 13.1 Å². The highest BCUT2D eigenvalue weighted by Gasteiger charge is 2.34. The van der Waals surface area contributed by atoms with Crippen molar-refractivity contribution in [1.82, 2.24) is 10.2 Å². The van der Waals surface area contributed by atoms with E-state index in [1.165, 1.54) is 12.8 Å². The number of nitrogens with one attached hydrogen (secondary N) is 1. The van der Waals surface area contributed by atoms with Crippen molar-refractivity contribution in [2.45, 2.75) is 52.5 Å². The minimum Gasteiger partial charge on any atom is -0.341 e. The zero-order valence-electron chi connectivity index (χ0n) is 11.5. The molecule has 0 radical (unpaired) electrons. The van der Waals surface area contributed by atoms with Crippen molar-refractivity contribution < 1.29 is 4.79 Å². The summed E-state index contributed by atoms with van der Waals surface area (Å²) in [5.41, 5.74) is 0.419. The van der Waals surface area contributed by atoms with Crippen molar-refractivity contribution in [2.75, 3.05) is 19.6 Å². The number of amides is 1. The maximum Gasteiger partial charge on any atom is 0.239 e. The first-order valence-electron chi connectivity index (χ1n) is 7.02. The van der Waals surface area contributed by atoms with E-state index in [1.54, 1.807) is 0 Å². The highest BCUT2D eigenvalue weighted by Crippen LogP contribution is 2.30. The SMILES string of the molecule is CC1CCCNC1C(=O)N1CCC(C)(C)CC1. The predicted molar refractivity (Wildman–Crippen MR) is 69.8 cm³/mol. The third-order valence-electron chi connectivity index (χ3n) is 4.46. The monoisotopic (exact) mass is 238 g/mol. The molecule has 0 aromatic heterocycles. The third-order valence-corrected chi connectivity index (χ3v) is 4.46. The Morgan fingerprint density at radius 3 is 2.53 bits per heavy atom. The molecule has 0 aromatic carbocycles. The Hall–Kier alpha value is -0.570. The van der Waals surface area contributed by atoms with Gasteiger partial charge in [0.25, 0.3) is 0 Å². The number of hydrogen-bond donors (Lipinski definition) is 1. The van der Waals surface area contributed by atoms with E-state index in [0.717, 1.165) is 32.5 Å². The van der Waals surface area contributed by atoms with Crippen molar-refractivity contribution in [3.05, 3.63) is 0 Å². The van der Waals surface area contributed by atoms with E-state index >= 15 is 0 Å². The summed E-state index contributed by atoms with van der Waals surface area (Å²) in [5, 5.41) is 3.40. The van der Waals surface area contributed by atoms with E-state index in [1.807, 2.05) is 0 Å². The van der Waals surface area contributed by atoms with Crippen LogP contribution in [0.25, 0.3) is 0 Å². The van der Waals surface area contributed by atoms with Crippen molar-refractivity contribution in [1.29, 1.82) is 0 Å². The number of carbonyl (C=O) groups excluding carboxylic acids is 1. The first kappa shape index (κ1) is 12.9. The Morgan fingerprint density at radius 1 is 1.29 bits per heavy atom. The maximum atomic E-state index is 12.4. The second-order valence-electron chi connectivity index (χ2n) is 6.54. The molecule has 3 nitrogen and oxygen atoms in total. The number of nitrogens with zero attached hydrogens (tertiary/aromatic N) is 1. The van der Waals surface area contributed by atoms with Gasteiger partial charge in [-0.2, -0.15) is 0 Å². The lowest BCUT2D eigenvalue weighted by Gasteiger charge is -2.40. The first-order valence-corrected chi connectivity index (χ1v) is 7.02. The molecule has 2 unspecified atom stereocenters. The molecule has 0 aromatic rings. The van der Waals surface area contributed by atoms with E-state index in [9.17, 15) is 4.79 Å². The molecule has 98 valence electrons. The smallest absolute Gasteiger partial charge is 0.239 e. The highest BCUT2D eigenvalue weighted by atomic mass is 16.2. The lowest BCUT2D eigenvalue weighted by Crippen LogP contribution is -2.54. The number of piperidine rings is 2. The van der Waals surface area contributed by atoms with Crippen LogP contribution in [0.2, 0.25) is 0 Å². The minimum absolute atomic E-state index is 0.0740. The van der Waals surface area contributed by atoms with Gasteiger partial charge in [-0.3, -0.25) is 4.79 Å². The molecule has 3 heteroatoms. The molecule has 2 rings (SSSR count). The van der Waals surface area contributed by atoms with Crippen LogP contribution in [-0.2, 0) is 4.79 Å². The van der Waals surface area contributed by atoms with Crippen LogP contribution in [0.4, 0.5) is 0 Å². The van der Waals surface area contributed by atoms with E-state index in [0.29, 0.717) is 17.2 Å². The summed E-state index contributed by atoms with van der Waals surface area (Å²) in [7, 11) is 0. The van der Waals surface area contributed by atoms with Crippen LogP contribution >= 0.6 is 0 Å². The van der Waals surface area contributed by atoms with Gasteiger partial charge in [0.05, 0.1) is 6.04 Å². The first-order chi connectivity index (χ1) is 7.99. The van der Waals surface area contributed by atoms with Crippen molar-refractivity contribution in [3.63, 3.8) is 0 Å². The number of carbonyl (C=O) groups is 1. The van der Waals surface area contributed by atoms with Crippen molar-refractivity contribution in [2.24, 2.45) is 11.3 Å². The average molecular weight is 238 g/mol. The van der Waals surface area contributed by atoms with Gasteiger partial charge >= 0.3 is 0 Å². The maximum absolute atomic E-state index is 12.4. The summed E-state index contributed by atoms with van der Waals surface area (Å²) in [6, 6.07) is 0.0740. The van der Waals surface area contributed by atoms with Crippen LogP contribution in [0.15, 0.2) is 0 Å². The van der Waals surface area contributed by atoms with Gasteiger partial charge < -0.3 is 10.2 Å². The van der Waals surface area contributed by atoms with Gasteiger partial charge in [0.15, 0.2) is 0 Å². The van der Waals surface area contributed by atoms with Crippen LogP contribution < -0.4 is 5.32 Å². The van der Waals surface area contributed by atoms with Gasteiger partial charge in [-0.05, 0) is 43.6 Å². The molecule has 0 saturated carbocycles. The Kier molecular flexibility index (Phi) is 3.76. The fourth-order valence-corrected chi connectivity index (χ4v) is 2.91. The fraction of sp³-hybridized carbons (Fsp3) is 0.929. The molecular weight excluding hydrogens is 212 g/mol. The van der Waals surface area contributed by atoms with Gasteiger partial charge in [0.1, 0.15) is 0 Å². The van der Waals surface area contributed by atoms with E-state index in [-0.39, 0.29) is 6.04 Å². The number of rotatable bonds is 1. The molecule has 0 spiro atoms. The third kappa shape index (κ3) is 3.01. The lowest BCUT2D eigenvalue weighted by molar-refractivity contribution is -0.137. The molecule has 2 aliphatic rings. The van der Waals surface area contributed by atoms with Crippen LogP contribution in [0.1, 0.15) is 46.5 Å². The molecule has 2 aliphatic heterocycles. The minimum atomic E-state index is 0.0740. The Morgan fingerprint density at radius 2 is 1.94 bits per heavy atom. The summed E-state index contributed by atoms with van der Waals surface area (Å²) in [5.74, 6) is 0.832. The molecule has 2 heterocycles. The average Bonchev–Trinajstić information content (AvgIpc) is 2.29. The zero-order chi connectivity index (χ0) is 12.5. The van der Waals surface area contributed by atoms with Crippen molar-refractivity contribution >= 4 is 5.91 Å². The summed E-state index contributed by atoms with van der Waals surface area (Å²) in [4.78, 5) is 14.5. The summed E-state index contributed by atoms with van der Waals surface area (Å²) in [6.07, 6.45) is 4.67. The topological polar surface area (TPSA) is 32.3 Å². The predicted octanol–water partition coefficient (Wildman–Crippen LogP) is 2.02. The van der Waals surface area contributed by atoms with Crippen molar-refractivity contribution in [3.8, 4) is 0 Å². The standard InChI is InChI=1S/C14H26N2O/c1-11-5-4-8-15-12(11)13(17)16-9-6-14(2,3)7-10-16/h11-12,15H,4-10H2,1-3H3. The van der Waals surface area contributed by atoms with E-state index in [2.05, 4.69) is 31.0 Å². The normalized spacial score (nSPS) is 33.5. The lowest BCUT2D eigenvalue weighted by atomic mass is 9.82. The quantitative estimate of drug-likeness (QED) is 0.758. The van der Waals surface area contributed by atoms with E-state index in [4.69, 9.17) is 0 Å². The molecular formula is C14H26N2O. The van der Waals surface area contributed by atoms with Crippen LogP contribution in [-0.4, -0.2) is 36.5 Å². The molecule has 17 heavy (non-hydrogen) atoms. The largest absolute Gasteiger partial charge is 0.341 e. The summed E-state index contributed by atoms with van der Waals surface area (Å²) < 4.78 is 0. The van der Waals surface area contributed by atoms with Gasteiger partial charge in [-0.25, -0.2) is 0 Å². The molecule has 0 bridgehead atoms.